The van der Waals surface area contributed by atoms with Crippen molar-refractivity contribution < 1.29 is 13.6 Å². The molecule has 1 aliphatic rings. The summed E-state index contributed by atoms with van der Waals surface area (Å²) in [6, 6.07) is 10.7. The Kier molecular flexibility index (Phi) is 4.66. The molecule has 0 aliphatic carbocycles. The first-order valence-corrected chi connectivity index (χ1v) is 9.23. The topological polar surface area (TPSA) is 64.2 Å². The van der Waals surface area contributed by atoms with Gasteiger partial charge in [-0.3, -0.25) is 9.36 Å². The van der Waals surface area contributed by atoms with Crippen LogP contribution in [-0.2, 0) is 0 Å². The van der Waals surface area contributed by atoms with Gasteiger partial charge in [-0.2, -0.15) is 0 Å². The van der Waals surface area contributed by atoms with E-state index in [1.807, 2.05) is 6.92 Å². The molecule has 2 atom stereocenters. The summed E-state index contributed by atoms with van der Waals surface area (Å²) in [4.78, 5) is 25.1. The summed E-state index contributed by atoms with van der Waals surface area (Å²) in [7, 11) is 0. The van der Waals surface area contributed by atoms with Gasteiger partial charge in [0.2, 0.25) is 0 Å². The predicted octanol–water partition coefficient (Wildman–Crippen LogP) is 3.67. The van der Waals surface area contributed by atoms with Crippen LogP contribution in [0, 0.1) is 5.82 Å². The third kappa shape index (κ3) is 3.32. The zero-order valence-corrected chi connectivity index (χ0v) is 15.1. The molecule has 2 aromatic carbocycles. The van der Waals surface area contributed by atoms with Crippen molar-refractivity contribution in [3.05, 3.63) is 70.0 Å². The second-order valence-electron chi connectivity index (χ2n) is 7.06. The Hall–Kier alpha value is -2.73. The van der Waals surface area contributed by atoms with E-state index in [9.17, 15) is 14.0 Å². The van der Waals surface area contributed by atoms with Crippen molar-refractivity contribution in [1.82, 2.24) is 9.88 Å². The van der Waals surface area contributed by atoms with Gasteiger partial charge in [0.1, 0.15) is 5.82 Å². The van der Waals surface area contributed by atoms with Gasteiger partial charge < -0.3 is 9.73 Å². The lowest BCUT2D eigenvalue weighted by atomic mass is 9.98. The third-order valence-electron chi connectivity index (χ3n) is 5.30. The summed E-state index contributed by atoms with van der Waals surface area (Å²) in [5.74, 6) is -1.21. The van der Waals surface area contributed by atoms with Crippen molar-refractivity contribution in [1.29, 1.82) is 0 Å². The number of aromatic nitrogens is 1. The number of rotatable bonds is 4. The highest BCUT2D eigenvalue weighted by molar-refractivity contribution is 6.10. The van der Waals surface area contributed by atoms with Gasteiger partial charge >= 0.3 is 5.76 Å². The molecule has 1 saturated heterocycles. The smallest absolute Gasteiger partial charge is 0.408 e. The van der Waals surface area contributed by atoms with Gasteiger partial charge in [-0.25, -0.2) is 9.18 Å². The molecule has 2 unspecified atom stereocenters. The standard InChI is InChI=1S/C21H21FN2O3/c1-13(17-7-2-3-10-23-17)24-18-9-8-15(12-19(18)27-21(24)26)20(25)14-5-4-6-16(22)11-14/h4-6,8-9,11-13,17,23H,2-3,7,10H2,1H3. The Morgan fingerprint density at radius 1 is 1.22 bits per heavy atom. The summed E-state index contributed by atoms with van der Waals surface area (Å²) in [5.41, 5.74) is 1.65. The van der Waals surface area contributed by atoms with E-state index in [1.54, 1.807) is 28.8 Å². The molecule has 4 rings (SSSR count). The van der Waals surface area contributed by atoms with Gasteiger partial charge in [0.15, 0.2) is 11.4 Å². The molecular formula is C21H21FN2O3. The first-order valence-electron chi connectivity index (χ1n) is 9.23. The van der Waals surface area contributed by atoms with Gasteiger partial charge in [-0.1, -0.05) is 18.6 Å². The molecule has 6 heteroatoms. The highest BCUT2D eigenvalue weighted by Crippen LogP contribution is 2.24. The molecule has 2 heterocycles. The van der Waals surface area contributed by atoms with Crippen LogP contribution in [0.3, 0.4) is 0 Å². The zero-order valence-electron chi connectivity index (χ0n) is 15.1. The fraction of sp³-hybridized carbons (Fsp3) is 0.333. The Balaban J connectivity index is 1.70. The molecule has 3 aromatic rings. The first kappa shape index (κ1) is 17.7. The molecule has 27 heavy (non-hydrogen) atoms. The molecule has 140 valence electrons. The second-order valence-corrected chi connectivity index (χ2v) is 7.06. The molecule has 1 N–H and O–H groups in total. The van der Waals surface area contributed by atoms with Crippen LogP contribution in [-0.4, -0.2) is 22.9 Å². The number of carbonyl (C=O) groups excluding carboxylic acids is 1. The minimum absolute atomic E-state index is 0.0520. The molecule has 5 nitrogen and oxygen atoms in total. The number of oxazole rings is 1. The Morgan fingerprint density at radius 3 is 2.78 bits per heavy atom. The monoisotopic (exact) mass is 368 g/mol. The fourth-order valence-corrected chi connectivity index (χ4v) is 3.83. The molecule has 1 fully saturated rings. The number of hydrogen-bond acceptors (Lipinski definition) is 4. The van der Waals surface area contributed by atoms with E-state index < -0.39 is 11.6 Å². The number of piperidine rings is 1. The van der Waals surface area contributed by atoms with Crippen molar-refractivity contribution in [2.45, 2.75) is 38.3 Å². The maximum atomic E-state index is 13.4. The maximum absolute atomic E-state index is 13.4. The van der Waals surface area contributed by atoms with Crippen molar-refractivity contribution in [3.8, 4) is 0 Å². The Labute approximate surface area is 155 Å². The SMILES string of the molecule is CC(C1CCCCN1)n1c(=O)oc2cc(C(=O)c3cccc(F)c3)ccc21. The molecule has 0 spiro atoms. The van der Waals surface area contributed by atoms with Crippen molar-refractivity contribution in [2.24, 2.45) is 0 Å². The summed E-state index contributed by atoms with van der Waals surface area (Å²) >= 11 is 0. The minimum Gasteiger partial charge on any atom is -0.408 e. The molecule has 0 saturated carbocycles. The van der Waals surface area contributed by atoms with Crippen LogP contribution in [0.15, 0.2) is 51.7 Å². The lowest BCUT2D eigenvalue weighted by molar-refractivity contribution is 0.103. The summed E-state index contributed by atoms with van der Waals surface area (Å²) in [6.07, 6.45) is 3.30. The molecule has 1 aliphatic heterocycles. The molecule has 0 radical (unpaired) electrons. The number of nitrogens with zero attached hydrogens (tertiary/aromatic N) is 1. The minimum atomic E-state index is -0.464. The number of benzene rings is 2. The van der Waals surface area contributed by atoms with Crippen LogP contribution in [0.5, 0.6) is 0 Å². The van der Waals surface area contributed by atoms with Crippen LogP contribution in [0.2, 0.25) is 0 Å². The van der Waals surface area contributed by atoms with Crippen molar-refractivity contribution >= 4 is 16.9 Å². The van der Waals surface area contributed by atoms with Gasteiger partial charge in [-0.15, -0.1) is 0 Å². The lowest BCUT2D eigenvalue weighted by Gasteiger charge is -2.29. The highest BCUT2D eigenvalue weighted by Gasteiger charge is 2.25. The van der Waals surface area contributed by atoms with Crippen LogP contribution in [0.1, 0.15) is 48.1 Å². The molecule has 1 aromatic heterocycles. The molecule has 0 bridgehead atoms. The fourth-order valence-electron chi connectivity index (χ4n) is 3.83. The second kappa shape index (κ2) is 7.12. The average molecular weight is 368 g/mol. The van der Waals surface area contributed by atoms with E-state index in [-0.39, 0.29) is 23.4 Å². The van der Waals surface area contributed by atoms with Crippen LogP contribution >= 0.6 is 0 Å². The van der Waals surface area contributed by atoms with Crippen LogP contribution < -0.4 is 11.1 Å². The maximum Gasteiger partial charge on any atom is 0.420 e. The number of hydrogen-bond donors (Lipinski definition) is 1. The number of nitrogens with one attached hydrogen (secondary N) is 1. The van der Waals surface area contributed by atoms with E-state index >= 15 is 0 Å². The summed E-state index contributed by atoms with van der Waals surface area (Å²) < 4.78 is 20.5. The van der Waals surface area contributed by atoms with E-state index in [2.05, 4.69) is 5.32 Å². The third-order valence-corrected chi connectivity index (χ3v) is 5.30. The molecular weight excluding hydrogens is 347 g/mol. The first-order chi connectivity index (χ1) is 13.0. The van der Waals surface area contributed by atoms with Gasteiger partial charge in [0.05, 0.1) is 11.6 Å². The van der Waals surface area contributed by atoms with E-state index in [4.69, 9.17) is 4.42 Å². The summed E-state index contributed by atoms with van der Waals surface area (Å²) in [6.45, 7) is 2.96. The number of ketones is 1. The molecule has 0 amide bonds. The van der Waals surface area contributed by atoms with Crippen molar-refractivity contribution in [2.75, 3.05) is 6.54 Å². The quantitative estimate of drug-likeness (QED) is 0.714. The largest absolute Gasteiger partial charge is 0.420 e. The van der Waals surface area contributed by atoms with Crippen molar-refractivity contribution in [3.63, 3.8) is 0 Å². The van der Waals surface area contributed by atoms with Gasteiger partial charge in [0.25, 0.3) is 0 Å². The Morgan fingerprint density at radius 2 is 2.04 bits per heavy atom. The summed E-state index contributed by atoms with van der Waals surface area (Å²) in [5, 5.41) is 3.46. The van der Waals surface area contributed by atoms with Crippen LogP contribution in [0.4, 0.5) is 4.39 Å². The lowest BCUT2D eigenvalue weighted by Crippen LogP contribution is -2.41. The van der Waals surface area contributed by atoms with E-state index in [0.717, 1.165) is 25.8 Å². The normalized spacial score (nSPS) is 18.5. The van der Waals surface area contributed by atoms with E-state index in [1.165, 1.54) is 18.2 Å². The zero-order chi connectivity index (χ0) is 19.0. The Bertz CT molecular complexity index is 1050. The number of fused-ring (bicyclic) bond motifs is 1. The average Bonchev–Trinajstić information content (AvgIpc) is 3.02. The highest BCUT2D eigenvalue weighted by atomic mass is 19.1. The van der Waals surface area contributed by atoms with Crippen LogP contribution in [0.25, 0.3) is 11.1 Å². The predicted molar refractivity (Wildman–Crippen MR) is 101 cm³/mol. The number of carbonyl (C=O) groups is 1. The van der Waals surface area contributed by atoms with Gasteiger partial charge in [-0.05, 0) is 56.6 Å². The van der Waals surface area contributed by atoms with E-state index in [0.29, 0.717) is 16.7 Å². The van der Waals surface area contributed by atoms with Gasteiger partial charge in [0, 0.05) is 17.2 Å². The number of halogens is 1.